The highest BCUT2D eigenvalue weighted by Gasteiger charge is 2.09. The van der Waals surface area contributed by atoms with Gasteiger partial charge in [-0.05, 0) is 29.3 Å². The summed E-state index contributed by atoms with van der Waals surface area (Å²) in [6.45, 7) is 0. The molecular weight excluding hydrogens is 317 g/mol. The van der Waals surface area contributed by atoms with Gasteiger partial charge >= 0.3 is 0 Å². The molecule has 0 radical (unpaired) electrons. The number of alkyl halides is 1. The number of halogens is 5. The molecule has 0 N–H and O–H groups in total. The van der Waals surface area contributed by atoms with E-state index in [2.05, 4.69) is 0 Å². The zero-order chi connectivity index (χ0) is 13.3. The van der Waals surface area contributed by atoms with E-state index in [1.54, 1.807) is 24.3 Å². The second kappa shape index (κ2) is 5.66. The maximum atomic E-state index is 13.6. The summed E-state index contributed by atoms with van der Waals surface area (Å²) in [6, 6.07) is 8.08. The van der Waals surface area contributed by atoms with Gasteiger partial charge in [0.05, 0.1) is 20.9 Å². The molecule has 0 heterocycles. The van der Waals surface area contributed by atoms with Crippen molar-refractivity contribution in [2.24, 2.45) is 0 Å². The van der Waals surface area contributed by atoms with Crippen LogP contribution in [0.25, 0.3) is 11.1 Å². The lowest BCUT2D eigenvalue weighted by Crippen LogP contribution is -1.88. The highest BCUT2D eigenvalue weighted by molar-refractivity contribution is 6.48. The lowest BCUT2D eigenvalue weighted by molar-refractivity contribution is 0.617. The molecule has 0 aliphatic heterocycles. The molecule has 0 amide bonds. The first kappa shape index (κ1) is 14.0. The quantitative estimate of drug-likeness (QED) is 0.456. The monoisotopic (exact) mass is 322 g/mol. The van der Waals surface area contributed by atoms with Gasteiger partial charge in [0.15, 0.2) is 0 Å². The third-order valence-corrected chi connectivity index (χ3v) is 4.00. The Morgan fingerprint density at radius 2 is 1.50 bits per heavy atom. The molecule has 0 aliphatic carbocycles. The average Bonchev–Trinajstić information content (AvgIpc) is 2.35. The Bertz CT molecular complexity index is 573. The van der Waals surface area contributed by atoms with Gasteiger partial charge in [-0.25, -0.2) is 4.39 Å². The van der Waals surface area contributed by atoms with E-state index >= 15 is 0 Å². The summed E-state index contributed by atoms with van der Waals surface area (Å²) in [4.78, 5) is 0. The van der Waals surface area contributed by atoms with E-state index in [1.807, 2.05) is 0 Å². The van der Waals surface area contributed by atoms with E-state index in [4.69, 9.17) is 46.4 Å². The molecule has 2 aromatic carbocycles. The summed E-state index contributed by atoms with van der Waals surface area (Å²) >= 11 is 23.3. The second-order valence-electron chi connectivity index (χ2n) is 3.69. The Labute approximate surface area is 124 Å². The van der Waals surface area contributed by atoms with E-state index in [9.17, 15) is 4.39 Å². The molecule has 18 heavy (non-hydrogen) atoms. The van der Waals surface area contributed by atoms with Gasteiger partial charge in [0.2, 0.25) is 0 Å². The lowest BCUT2D eigenvalue weighted by Gasteiger charge is -2.07. The van der Waals surface area contributed by atoms with Crippen molar-refractivity contribution in [2.75, 3.05) is 0 Å². The predicted octanol–water partition coefficient (Wildman–Crippen LogP) is 6.19. The molecule has 0 atom stereocenters. The lowest BCUT2D eigenvalue weighted by atomic mass is 10.0. The molecule has 94 valence electrons. The van der Waals surface area contributed by atoms with Gasteiger partial charge in [-0.2, -0.15) is 0 Å². The Morgan fingerprint density at radius 3 is 2.00 bits per heavy atom. The maximum Gasteiger partial charge on any atom is 0.128 e. The normalized spacial score (nSPS) is 10.7. The van der Waals surface area contributed by atoms with Crippen LogP contribution in [0.3, 0.4) is 0 Å². The first-order valence-corrected chi connectivity index (χ1v) is 6.69. The molecule has 0 aliphatic rings. The summed E-state index contributed by atoms with van der Waals surface area (Å²) in [5.74, 6) is -0.224. The minimum absolute atomic E-state index is 0.133. The summed E-state index contributed by atoms with van der Waals surface area (Å²) in [7, 11) is 0. The van der Waals surface area contributed by atoms with Crippen LogP contribution in [0.2, 0.25) is 15.1 Å². The van der Waals surface area contributed by atoms with E-state index < -0.39 is 0 Å². The fourth-order valence-electron chi connectivity index (χ4n) is 1.56. The van der Waals surface area contributed by atoms with Gasteiger partial charge in [0.1, 0.15) is 5.82 Å². The Balaban J connectivity index is 2.52. The topological polar surface area (TPSA) is 0 Å². The van der Waals surface area contributed by atoms with Crippen molar-refractivity contribution in [2.45, 2.75) is 5.88 Å². The first-order valence-electron chi connectivity index (χ1n) is 5.02. The van der Waals surface area contributed by atoms with Crippen LogP contribution < -0.4 is 0 Å². The molecule has 0 fully saturated rings. The highest BCUT2D eigenvalue weighted by Crippen LogP contribution is 2.35. The van der Waals surface area contributed by atoms with Gasteiger partial charge in [-0.3, -0.25) is 0 Å². The van der Waals surface area contributed by atoms with E-state index in [0.717, 1.165) is 0 Å². The number of hydrogen-bond acceptors (Lipinski definition) is 0. The van der Waals surface area contributed by atoms with Crippen LogP contribution >= 0.6 is 46.4 Å². The van der Waals surface area contributed by atoms with E-state index in [0.29, 0.717) is 31.8 Å². The van der Waals surface area contributed by atoms with Gasteiger partial charge < -0.3 is 0 Å². The Hall–Kier alpha value is -0.470. The van der Waals surface area contributed by atoms with Crippen molar-refractivity contribution in [3.05, 3.63) is 56.8 Å². The van der Waals surface area contributed by atoms with Crippen molar-refractivity contribution < 1.29 is 4.39 Å². The van der Waals surface area contributed by atoms with Crippen molar-refractivity contribution in [1.82, 2.24) is 0 Å². The Morgan fingerprint density at radius 1 is 0.889 bits per heavy atom. The van der Waals surface area contributed by atoms with Gasteiger partial charge in [-0.1, -0.05) is 46.9 Å². The Kier molecular flexibility index (Phi) is 4.39. The zero-order valence-corrected chi connectivity index (χ0v) is 12.0. The third-order valence-electron chi connectivity index (χ3n) is 2.51. The molecule has 0 aromatic heterocycles. The minimum atomic E-state index is -0.357. The number of benzene rings is 2. The number of rotatable bonds is 2. The van der Waals surface area contributed by atoms with Gasteiger partial charge in [0, 0.05) is 5.56 Å². The van der Waals surface area contributed by atoms with Crippen LogP contribution in [0.5, 0.6) is 0 Å². The fourth-order valence-corrected chi connectivity index (χ4v) is 2.37. The summed E-state index contributed by atoms with van der Waals surface area (Å²) in [5, 5.41) is 0.960. The van der Waals surface area contributed by atoms with E-state index in [-0.39, 0.29) is 11.7 Å². The molecule has 0 saturated heterocycles. The molecule has 0 nitrogen and oxygen atoms in total. The van der Waals surface area contributed by atoms with E-state index in [1.165, 1.54) is 6.07 Å². The van der Waals surface area contributed by atoms with Crippen LogP contribution in [-0.4, -0.2) is 0 Å². The van der Waals surface area contributed by atoms with Gasteiger partial charge in [0.25, 0.3) is 0 Å². The largest absolute Gasteiger partial charge is 0.207 e. The number of hydrogen-bond donors (Lipinski definition) is 0. The molecular formula is C13H7Cl4F. The van der Waals surface area contributed by atoms with Crippen LogP contribution in [0.1, 0.15) is 5.56 Å². The van der Waals surface area contributed by atoms with Crippen LogP contribution in [-0.2, 0) is 5.88 Å². The van der Waals surface area contributed by atoms with Crippen LogP contribution in [0, 0.1) is 5.82 Å². The third kappa shape index (κ3) is 2.75. The average molecular weight is 324 g/mol. The van der Waals surface area contributed by atoms with Crippen molar-refractivity contribution in [3.63, 3.8) is 0 Å². The smallest absolute Gasteiger partial charge is 0.128 e. The predicted molar refractivity (Wildman–Crippen MR) is 76.4 cm³/mol. The fraction of sp³-hybridized carbons (Fsp3) is 0.0769. The molecule has 5 heteroatoms. The molecule has 2 aromatic rings. The molecule has 0 bridgehead atoms. The molecule has 0 unspecified atom stereocenters. The van der Waals surface area contributed by atoms with Crippen molar-refractivity contribution in [3.8, 4) is 11.1 Å². The van der Waals surface area contributed by atoms with Crippen molar-refractivity contribution >= 4 is 46.4 Å². The highest BCUT2D eigenvalue weighted by atomic mass is 35.5. The van der Waals surface area contributed by atoms with Crippen LogP contribution in [0.15, 0.2) is 30.3 Å². The minimum Gasteiger partial charge on any atom is -0.207 e. The zero-order valence-electron chi connectivity index (χ0n) is 8.98. The summed E-state index contributed by atoms with van der Waals surface area (Å²) < 4.78 is 13.6. The summed E-state index contributed by atoms with van der Waals surface area (Å²) in [6.07, 6.45) is 0. The van der Waals surface area contributed by atoms with Crippen molar-refractivity contribution in [1.29, 1.82) is 0 Å². The molecule has 2 rings (SSSR count). The second-order valence-corrected chi connectivity index (χ2v) is 5.15. The maximum absolute atomic E-state index is 13.6. The van der Waals surface area contributed by atoms with Crippen LogP contribution in [0.4, 0.5) is 4.39 Å². The molecule has 0 saturated carbocycles. The first-order chi connectivity index (χ1) is 8.52. The summed E-state index contributed by atoms with van der Waals surface area (Å²) in [5.41, 5.74) is 1.82. The van der Waals surface area contributed by atoms with Gasteiger partial charge in [-0.15, -0.1) is 11.6 Å². The molecule has 0 spiro atoms. The standard InChI is InChI=1S/C13H7Cl4F/c14-6-8-2-1-7(5-12(8)18)9-3-10(15)13(17)11(16)4-9/h1-5H,6H2. The SMILES string of the molecule is Fc1cc(-c2cc(Cl)c(Cl)c(Cl)c2)ccc1CCl.